The zero-order chi connectivity index (χ0) is 10.4. The number of carbonyl (C=O) groups excluding carboxylic acids is 1. The topological polar surface area (TPSA) is 35.5 Å². The van der Waals surface area contributed by atoms with Crippen molar-refractivity contribution in [1.29, 1.82) is 0 Å². The molecule has 0 spiro atoms. The lowest BCUT2D eigenvalue weighted by Gasteiger charge is -2.14. The zero-order valence-electron chi connectivity index (χ0n) is 8.68. The van der Waals surface area contributed by atoms with Gasteiger partial charge in [-0.25, -0.2) is 0 Å². The monoisotopic (exact) mass is 206 g/mol. The van der Waals surface area contributed by atoms with E-state index < -0.39 is 0 Å². The minimum atomic E-state index is 0.0166. The number of rotatable bonds is 3. The van der Waals surface area contributed by atoms with Crippen LogP contribution in [-0.2, 0) is 14.3 Å². The average Bonchev–Trinajstić information content (AvgIpc) is 2.88. The van der Waals surface area contributed by atoms with Gasteiger partial charge in [0.05, 0.1) is 24.7 Å². The van der Waals surface area contributed by atoms with Crippen LogP contribution in [0.2, 0.25) is 0 Å². The van der Waals surface area contributed by atoms with Crippen molar-refractivity contribution in [3.8, 4) is 0 Å². The average molecular weight is 206 g/mol. The number of Topliss-reactive ketones (excluding diaryl/α,β-unsaturated/α-hetero) is 1. The van der Waals surface area contributed by atoms with Gasteiger partial charge in [-0.3, -0.25) is 4.79 Å². The molecule has 0 saturated carbocycles. The Morgan fingerprint density at radius 3 is 2.93 bits per heavy atom. The molecule has 15 heavy (non-hydrogen) atoms. The molecule has 3 heteroatoms. The van der Waals surface area contributed by atoms with Gasteiger partial charge in [-0.2, -0.15) is 0 Å². The van der Waals surface area contributed by atoms with Gasteiger partial charge < -0.3 is 9.47 Å². The smallest absolute Gasteiger partial charge is 0.167 e. The normalized spacial score (nSPS) is 41.1. The molecule has 0 aromatic carbocycles. The number of carbonyl (C=O) groups is 1. The first-order valence-corrected chi connectivity index (χ1v) is 5.47. The number of ketones is 1. The van der Waals surface area contributed by atoms with Gasteiger partial charge in [-0.1, -0.05) is 18.2 Å². The first-order chi connectivity index (χ1) is 7.31. The molecule has 80 valence electrons. The summed E-state index contributed by atoms with van der Waals surface area (Å²) in [4.78, 5) is 12.0. The molecule has 0 amide bonds. The van der Waals surface area contributed by atoms with E-state index in [2.05, 4.69) is 12.2 Å². The second-order valence-electron chi connectivity index (χ2n) is 4.25. The van der Waals surface area contributed by atoms with Crippen LogP contribution in [0, 0.1) is 11.8 Å². The van der Waals surface area contributed by atoms with E-state index in [0.717, 1.165) is 5.57 Å². The van der Waals surface area contributed by atoms with Crippen LogP contribution in [0.1, 0.15) is 6.92 Å². The molecule has 4 atom stereocenters. The summed E-state index contributed by atoms with van der Waals surface area (Å²) in [6.45, 7) is 3.05. The van der Waals surface area contributed by atoms with Crippen molar-refractivity contribution in [3.63, 3.8) is 0 Å². The van der Waals surface area contributed by atoms with E-state index in [4.69, 9.17) is 9.47 Å². The van der Waals surface area contributed by atoms with Gasteiger partial charge in [0, 0.05) is 18.1 Å². The fourth-order valence-electron chi connectivity index (χ4n) is 2.72. The molecule has 3 nitrogen and oxygen atoms in total. The fraction of sp³-hybridized carbons (Fsp3) is 0.583. The molecular weight excluding hydrogens is 192 g/mol. The largest absolute Gasteiger partial charge is 0.377 e. The molecule has 0 aromatic rings. The van der Waals surface area contributed by atoms with Gasteiger partial charge in [-0.05, 0) is 6.92 Å². The number of hydrogen-bond donors (Lipinski definition) is 0. The highest BCUT2D eigenvalue weighted by atomic mass is 16.5. The summed E-state index contributed by atoms with van der Waals surface area (Å²) in [5.74, 6) is 0.531. The maximum absolute atomic E-state index is 12.0. The second kappa shape index (κ2) is 3.29. The third-order valence-corrected chi connectivity index (χ3v) is 3.43. The summed E-state index contributed by atoms with van der Waals surface area (Å²) < 4.78 is 10.9. The number of ether oxygens (including phenoxy) is 2. The molecular formula is C12H14O3. The lowest BCUT2D eigenvalue weighted by atomic mass is 9.85. The van der Waals surface area contributed by atoms with Crippen LogP contribution in [0.4, 0.5) is 0 Å². The van der Waals surface area contributed by atoms with Crippen LogP contribution in [0.3, 0.4) is 0 Å². The van der Waals surface area contributed by atoms with E-state index in [0.29, 0.717) is 13.2 Å². The van der Waals surface area contributed by atoms with E-state index in [1.165, 1.54) is 0 Å². The Bertz CT molecular complexity index is 356. The van der Waals surface area contributed by atoms with Gasteiger partial charge in [0.25, 0.3) is 0 Å². The standard InChI is InChI=1S/C12H14O3/c1-2-14-6-7-5-8-9-3-4-10(15-9)11(8)12(7)13/h3-5,8-11H,2,6H2,1H3/t8-,9-,10+,11-/m0/s1. The highest BCUT2D eigenvalue weighted by Gasteiger charge is 2.52. The number of fused-ring (bicyclic) bond motifs is 5. The molecule has 1 saturated heterocycles. The Kier molecular flexibility index (Phi) is 2.04. The van der Waals surface area contributed by atoms with E-state index in [-0.39, 0.29) is 29.8 Å². The van der Waals surface area contributed by atoms with Crippen molar-refractivity contribution < 1.29 is 14.3 Å². The summed E-state index contributed by atoms with van der Waals surface area (Å²) in [6, 6.07) is 0. The summed E-state index contributed by atoms with van der Waals surface area (Å²) in [5, 5.41) is 0. The van der Waals surface area contributed by atoms with Crippen LogP contribution in [-0.4, -0.2) is 31.2 Å². The highest BCUT2D eigenvalue weighted by Crippen LogP contribution is 2.45. The van der Waals surface area contributed by atoms with Crippen molar-refractivity contribution in [3.05, 3.63) is 23.8 Å². The van der Waals surface area contributed by atoms with Gasteiger partial charge in [0.2, 0.25) is 0 Å². The number of hydrogen-bond acceptors (Lipinski definition) is 3. The van der Waals surface area contributed by atoms with Gasteiger partial charge >= 0.3 is 0 Å². The fourth-order valence-corrected chi connectivity index (χ4v) is 2.72. The zero-order valence-corrected chi connectivity index (χ0v) is 8.68. The van der Waals surface area contributed by atoms with E-state index in [1.54, 1.807) is 0 Å². The van der Waals surface area contributed by atoms with Gasteiger partial charge in [0.1, 0.15) is 0 Å². The maximum atomic E-state index is 12.0. The first-order valence-electron chi connectivity index (χ1n) is 5.47. The van der Waals surface area contributed by atoms with Gasteiger partial charge in [0.15, 0.2) is 5.78 Å². The van der Waals surface area contributed by atoms with Crippen LogP contribution in [0.25, 0.3) is 0 Å². The van der Waals surface area contributed by atoms with Crippen molar-refractivity contribution in [1.82, 2.24) is 0 Å². The summed E-state index contributed by atoms with van der Waals surface area (Å²) in [6.07, 6.45) is 6.28. The summed E-state index contributed by atoms with van der Waals surface area (Å²) >= 11 is 0. The summed E-state index contributed by atoms with van der Waals surface area (Å²) in [5.41, 5.74) is 0.842. The van der Waals surface area contributed by atoms with E-state index >= 15 is 0 Å². The van der Waals surface area contributed by atoms with Crippen molar-refractivity contribution in [2.24, 2.45) is 11.8 Å². The Hall–Kier alpha value is -0.930. The minimum Gasteiger partial charge on any atom is -0.377 e. The molecule has 0 aromatic heterocycles. The predicted octanol–water partition coefficient (Wildman–Crippen LogP) is 1.10. The van der Waals surface area contributed by atoms with E-state index in [9.17, 15) is 4.79 Å². The molecule has 1 fully saturated rings. The Labute approximate surface area is 88.7 Å². The molecule has 2 aliphatic heterocycles. The Balaban J connectivity index is 1.80. The molecule has 2 bridgehead atoms. The van der Waals surface area contributed by atoms with Crippen molar-refractivity contribution in [2.75, 3.05) is 13.2 Å². The molecule has 1 aliphatic carbocycles. The van der Waals surface area contributed by atoms with Gasteiger partial charge in [-0.15, -0.1) is 0 Å². The lowest BCUT2D eigenvalue weighted by Crippen LogP contribution is -2.26. The quantitative estimate of drug-likeness (QED) is 0.649. The molecule has 0 radical (unpaired) electrons. The van der Waals surface area contributed by atoms with E-state index in [1.807, 2.05) is 13.0 Å². The maximum Gasteiger partial charge on any atom is 0.167 e. The molecule has 3 rings (SSSR count). The third kappa shape index (κ3) is 1.23. The predicted molar refractivity (Wildman–Crippen MR) is 54.4 cm³/mol. The lowest BCUT2D eigenvalue weighted by molar-refractivity contribution is -0.120. The van der Waals surface area contributed by atoms with Crippen LogP contribution in [0.15, 0.2) is 23.8 Å². The summed E-state index contributed by atoms with van der Waals surface area (Å²) in [7, 11) is 0. The molecule has 2 heterocycles. The third-order valence-electron chi connectivity index (χ3n) is 3.43. The Morgan fingerprint density at radius 2 is 2.20 bits per heavy atom. The van der Waals surface area contributed by atoms with Crippen molar-refractivity contribution >= 4 is 5.78 Å². The highest BCUT2D eigenvalue weighted by molar-refractivity contribution is 6.01. The SMILES string of the molecule is CCOCC1=C[C@@H]2[C@H](C1=O)[C@H]1C=C[C@@H]2O1. The molecule has 0 unspecified atom stereocenters. The minimum absolute atomic E-state index is 0.0166. The van der Waals surface area contributed by atoms with Crippen LogP contribution in [0.5, 0.6) is 0 Å². The Morgan fingerprint density at radius 1 is 1.40 bits per heavy atom. The van der Waals surface area contributed by atoms with Crippen molar-refractivity contribution in [2.45, 2.75) is 19.1 Å². The second-order valence-corrected chi connectivity index (χ2v) is 4.25. The first kappa shape index (κ1) is 9.31. The molecule has 0 N–H and O–H groups in total. The molecule has 3 aliphatic rings. The van der Waals surface area contributed by atoms with Crippen LogP contribution < -0.4 is 0 Å². The van der Waals surface area contributed by atoms with Crippen LogP contribution >= 0.6 is 0 Å².